The summed E-state index contributed by atoms with van der Waals surface area (Å²) in [6.07, 6.45) is 3.24. The van der Waals surface area contributed by atoms with Crippen LogP contribution in [0.4, 0.5) is 0 Å². The molecular formula is C19H26N2O4S. The van der Waals surface area contributed by atoms with E-state index in [4.69, 9.17) is 4.74 Å². The van der Waals surface area contributed by atoms with Crippen molar-refractivity contribution in [2.24, 2.45) is 5.92 Å². The third-order valence-corrected chi connectivity index (χ3v) is 7.36. The number of benzene rings is 1. The van der Waals surface area contributed by atoms with Gasteiger partial charge in [0.05, 0.1) is 18.1 Å². The lowest BCUT2D eigenvalue weighted by Gasteiger charge is -2.37. The van der Waals surface area contributed by atoms with Crippen LogP contribution in [0.1, 0.15) is 29.6 Å². The van der Waals surface area contributed by atoms with Crippen LogP contribution in [-0.2, 0) is 9.84 Å². The Bertz CT molecular complexity index is 750. The van der Waals surface area contributed by atoms with Gasteiger partial charge in [-0.3, -0.25) is 9.69 Å². The molecule has 1 amide bonds. The van der Waals surface area contributed by atoms with E-state index in [1.165, 1.54) is 12.8 Å². The van der Waals surface area contributed by atoms with E-state index in [-0.39, 0.29) is 17.7 Å². The summed E-state index contributed by atoms with van der Waals surface area (Å²) in [5.74, 6) is 2.13. The molecule has 0 radical (unpaired) electrons. The Labute approximate surface area is 155 Å². The SMILES string of the molecule is O=C(c1ccc(OCC2CC2)cc1)N1CCN(C2CCS(=O)(=O)C2)CC1. The first-order valence-electron chi connectivity index (χ1n) is 9.47. The van der Waals surface area contributed by atoms with Gasteiger partial charge in [0.25, 0.3) is 5.91 Å². The quantitative estimate of drug-likeness (QED) is 0.775. The molecule has 3 aliphatic rings. The summed E-state index contributed by atoms with van der Waals surface area (Å²) in [6.45, 7) is 3.56. The molecule has 1 saturated carbocycles. The molecule has 2 heterocycles. The Morgan fingerprint density at radius 2 is 1.73 bits per heavy atom. The summed E-state index contributed by atoms with van der Waals surface area (Å²) in [5, 5.41) is 0. The zero-order valence-corrected chi connectivity index (χ0v) is 15.8. The fourth-order valence-electron chi connectivity index (χ4n) is 3.73. The van der Waals surface area contributed by atoms with E-state index in [0.717, 1.165) is 31.9 Å². The van der Waals surface area contributed by atoms with Crippen LogP contribution in [0.3, 0.4) is 0 Å². The maximum atomic E-state index is 12.7. The fraction of sp³-hybridized carbons (Fsp3) is 0.632. The molecule has 6 nitrogen and oxygen atoms in total. The molecule has 2 aliphatic heterocycles. The Morgan fingerprint density at radius 3 is 2.31 bits per heavy atom. The van der Waals surface area contributed by atoms with Crippen molar-refractivity contribution >= 4 is 15.7 Å². The van der Waals surface area contributed by atoms with Crippen LogP contribution in [-0.4, -0.2) is 74.5 Å². The molecule has 1 atom stereocenters. The first kappa shape index (κ1) is 17.8. The highest BCUT2D eigenvalue weighted by atomic mass is 32.2. The smallest absolute Gasteiger partial charge is 0.253 e. The average Bonchev–Trinajstić information content (AvgIpc) is 3.41. The van der Waals surface area contributed by atoms with Crippen LogP contribution in [0.15, 0.2) is 24.3 Å². The topological polar surface area (TPSA) is 66.9 Å². The fourth-order valence-corrected chi connectivity index (χ4v) is 5.49. The van der Waals surface area contributed by atoms with Crippen LogP contribution in [0.2, 0.25) is 0 Å². The van der Waals surface area contributed by atoms with Crippen molar-refractivity contribution in [2.45, 2.75) is 25.3 Å². The Kier molecular flexibility index (Phi) is 4.92. The van der Waals surface area contributed by atoms with Crippen molar-refractivity contribution in [2.75, 3.05) is 44.3 Å². The lowest BCUT2D eigenvalue weighted by atomic mass is 10.1. The summed E-state index contributed by atoms with van der Waals surface area (Å²) >= 11 is 0. The number of amides is 1. The largest absolute Gasteiger partial charge is 0.493 e. The van der Waals surface area contributed by atoms with Crippen LogP contribution >= 0.6 is 0 Å². The number of carbonyl (C=O) groups excluding carboxylic acids is 1. The lowest BCUT2D eigenvalue weighted by molar-refractivity contribution is 0.0588. The van der Waals surface area contributed by atoms with Crippen molar-refractivity contribution in [3.05, 3.63) is 29.8 Å². The molecule has 1 aliphatic carbocycles. The first-order valence-corrected chi connectivity index (χ1v) is 11.3. The zero-order valence-electron chi connectivity index (χ0n) is 15.0. The summed E-state index contributed by atoms with van der Waals surface area (Å²) < 4.78 is 29.0. The van der Waals surface area contributed by atoms with Crippen molar-refractivity contribution < 1.29 is 17.9 Å². The highest BCUT2D eigenvalue weighted by molar-refractivity contribution is 7.91. The Morgan fingerprint density at radius 1 is 1.04 bits per heavy atom. The third-order valence-electron chi connectivity index (χ3n) is 5.61. The molecule has 1 aromatic rings. The maximum absolute atomic E-state index is 12.7. The van der Waals surface area contributed by atoms with Gasteiger partial charge in [0.1, 0.15) is 5.75 Å². The minimum atomic E-state index is -2.86. The van der Waals surface area contributed by atoms with E-state index in [9.17, 15) is 13.2 Å². The minimum absolute atomic E-state index is 0.0393. The number of nitrogens with zero attached hydrogens (tertiary/aromatic N) is 2. The van der Waals surface area contributed by atoms with Gasteiger partial charge in [0.2, 0.25) is 0 Å². The van der Waals surface area contributed by atoms with E-state index in [1.807, 2.05) is 29.2 Å². The number of ether oxygens (including phenoxy) is 1. The number of rotatable bonds is 5. The third kappa shape index (κ3) is 4.20. The molecule has 0 spiro atoms. The van der Waals surface area contributed by atoms with Gasteiger partial charge in [-0.15, -0.1) is 0 Å². The average molecular weight is 378 g/mol. The number of hydrogen-bond donors (Lipinski definition) is 0. The summed E-state index contributed by atoms with van der Waals surface area (Å²) in [7, 11) is -2.86. The van der Waals surface area contributed by atoms with Crippen LogP contribution < -0.4 is 4.74 Å². The number of carbonyl (C=O) groups is 1. The van der Waals surface area contributed by atoms with Gasteiger partial charge in [0, 0.05) is 37.8 Å². The predicted octanol–water partition coefficient (Wildman–Crippen LogP) is 1.42. The Balaban J connectivity index is 1.29. The second kappa shape index (κ2) is 7.19. The monoisotopic (exact) mass is 378 g/mol. The summed E-state index contributed by atoms with van der Waals surface area (Å²) in [5.41, 5.74) is 0.681. The first-order chi connectivity index (χ1) is 12.5. The standard InChI is InChI=1S/C19H26N2O4S/c22-19(16-3-5-18(6-4-16)25-13-15-1-2-15)21-10-8-20(9-11-21)17-7-12-26(23,24)14-17/h3-6,15,17H,1-2,7-14H2. The van der Waals surface area contributed by atoms with Crippen molar-refractivity contribution in [3.63, 3.8) is 0 Å². The molecule has 1 aromatic carbocycles. The molecule has 2 saturated heterocycles. The highest BCUT2D eigenvalue weighted by Crippen LogP contribution is 2.29. The second-order valence-corrected chi connectivity index (χ2v) is 9.89. The van der Waals surface area contributed by atoms with Gasteiger partial charge in [-0.2, -0.15) is 0 Å². The molecule has 4 rings (SSSR count). The molecule has 26 heavy (non-hydrogen) atoms. The molecular weight excluding hydrogens is 352 g/mol. The maximum Gasteiger partial charge on any atom is 0.253 e. The Hall–Kier alpha value is -1.60. The van der Waals surface area contributed by atoms with Crippen molar-refractivity contribution in [1.82, 2.24) is 9.80 Å². The van der Waals surface area contributed by atoms with Gasteiger partial charge in [0.15, 0.2) is 9.84 Å². The van der Waals surface area contributed by atoms with Gasteiger partial charge in [-0.1, -0.05) is 0 Å². The highest BCUT2D eigenvalue weighted by Gasteiger charge is 2.34. The molecule has 0 aromatic heterocycles. The molecule has 3 fully saturated rings. The molecule has 7 heteroatoms. The van der Waals surface area contributed by atoms with E-state index < -0.39 is 9.84 Å². The van der Waals surface area contributed by atoms with Gasteiger partial charge in [-0.05, 0) is 49.4 Å². The van der Waals surface area contributed by atoms with E-state index in [1.54, 1.807) is 0 Å². The van der Waals surface area contributed by atoms with Crippen LogP contribution in [0, 0.1) is 5.92 Å². The second-order valence-electron chi connectivity index (χ2n) is 7.66. The lowest BCUT2D eigenvalue weighted by Crippen LogP contribution is -2.52. The van der Waals surface area contributed by atoms with E-state index in [0.29, 0.717) is 30.3 Å². The van der Waals surface area contributed by atoms with Crippen LogP contribution in [0.25, 0.3) is 0 Å². The predicted molar refractivity (Wildman–Crippen MR) is 99.2 cm³/mol. The van der Waals surface area contributed by atoms with Gasteiger partial charge in [-0.25, -0.2) is 8.42 Å². The van der Waals surface area contributed by atoms with E-state index in [2.05, 4.69) is 4.90 Å². The number of hydrogen-bond acceptors (Lipinski definition) is 5. The van der Waals surface area contributed by atoms with Crippen LogP contribution in [0.5, 0.6) is 5.75 Å². The van der Waals surface area contributed by atoms with E-state index >= 15 is 0 Å². The van der Waals surface area contributed by atoms with Gasteiger partial charge >= 0.3 is 0 Å². The summed E-state index contributed by atoms with van der Waals surface area (Å²) in [6, 6.07) is 7.53. The number of sulfone groups is 1. The van der Waals surface area contributed by atoms with Crippen molar-refractivity contribution in [1.29, 1.82) is 0 Å². The molecule has 0 bridgehead atoms. The molecule has 142 valence electrons. The normalized spacial score (nSPS) is 26.0. The number of piperazine rings is 1. The molecule has 0 N–H and O–H groups in total. The molecule has 1 unspecified atom stereocenters. The van der Waals surface area contributed by atoms with Crippen molar-refractivity contribution in [3.8, 4) is 5.75 Å². The zero-order chi connectivity index (χ0) is 18.1. The summed E-state index contributed by atoms with van der Waals surface area (Å²) in [4.78, 5) is 16.8. The minimum Gasteiger partial charge on any atom is -0.493 e. The van der Waals surface area contributed by atoms with Gasteiger partial charge < -0.3 is 9.64 Å².